The third-order valence-corrected chi connectivity index (χ3v) is 3.29. The maximum atomic E-state index is 12.7. The number of benzene rings is 1. The largest absolute Gasteiger partial charge is 0.462 e. The molecule has 1 atom stereocenters. The molecule has 1 heterocycles. The van der Waals surface area contributed by atoms with Crippen LogP contribution < -0.4 is 5.32 Å². The fraction of sp³-hybridized carbons (Fsp3) is 0.611. The van der Waals surface area contributed by atoms with Gasteiger partial charge in [-0.1, -0.05) is 12.1 Å². The molecule has 0 amide bonds. The molecular weight excluding hydrogens is 297 g/mol. The van der Waals surface area contributed by atoms with Gasteiger partial charge >= 0.3 is 0 Å². The van der Waals surface area contributed by atoms with Crippen LogP contribution in [-0.2, 0) is 20.7 Å². The van der Waals surface area contributed by atoms with E-state index in [1.54, 1.807) is 0 Å². The molecule has 1 fully saturated rings. The molecule has 1 N–H and O–H groups in total. The van der Waals surface area contributed by atoms with Crippen molar-refractivity contribution in [1.82, 2.24) is 5.32 Å². The van der Waals surface area contributed by atoms with Crippen molar-refractivity contribution >= 4 is 6.47 Å². The van der Waals surface area contributed by atoms with Gasteiger partial charge < -0.3 is 9.47 Å². The van der Waals surface area contributed by atoms with Gasteiger partial charge in [-0.2, -0.15) is 0 Å². The Bertz CT molecular complexity index is 480. The molecule has 1 aromatic rings. The highest BCUT2D eigenvalue weighted by atomic mass is 19.1. The molecule has 1 aliphatic heterocycles. The number of aryl methyl sites for hydroxylation is 1. The molecule has 0 radical (unpaired) electrons. The summed E-state index contributed by atoms with van der Waals surface area (Å²) in [6.07, 6.45) is 1.98. The van der Waals surface area contributed by atoms with Crippen molar-refractivity contribution < 1.29 is 18.7 Å². The number of halogens is 1. The van der Waals surface area contributed by atoms with E-state index in [1.807, 2.05) is 46.8 Å². The highest BCUT2D eigenvalue weighted by Gasteiger charge is 2.30. The molecule has 1 saturated heterocycles. The number of ether oxygens (including phenoxy) is 2. The van der Waals surface area contributed by atoms with Gasteiger partial charge in [-0.05, 0) is 65.2 Å². The van der Waals surface area contributed by atoms with E-state index in [4.69, 9.17) is 4.74 Å². The average Bonchev–Trinajstić information content (AvgIpc) is 2.77. The summed E-state index contributed by atoms with van der Waals surface area (Å²) in [5.41, 5.74) is 0.655. The quantitative estimate of drug-likeness (QED) is 0.862. The molecule has 4 nitrogen and oxygen atoms in total. The second-order valence-corrected chi connectivity index (χ2v) is 7.15. The van der Waals surface area contributed by atoms with E-state index in [0.717, 1.165) is 19.4 Å². The third kappa shape index (κ3) is 8.67. The maximum absolute atomic E-state index is 12.7. The van der Waals surface area contributed by atoms with E-state index >= 15 is 0 Å². The van der Waals surface area contributed by atoms with E-state index in [0.29, 0.717) is 12.5 Å². The van der Waals surface area contributed by atoms with Gasteiger partial charge in [0.15, 0.2) is 0 Å². The highest BCUT2D eigenvalue weighted by Crippen LogP contribution is 2.17. The molecule has 0 spiro atoms. The summed E-state index contributed by atoms with van der Waals surface area (Å²) >= 11 is 0. The van der Waals surface area contributed by atoms with Crippen LogP contribution in [0.2, 0.25) is 0 Å². The van der Waals surface area contributed by atoms with Crippen molar-refractivity contribution in [3.05, 3.63) is 35.6 Å². The minimum Gasteiger partial charge on any atom is -0.462 e. The minimum absolute atomic E-state index is 0.174. The molecular formula is C18H28FNO3. The Labute approximate surface area is 138 Å². The Hall–Kier alpha value is -1.46. The third-order valence-electron chi connectivity index (χ3n) is 3.29. The van der Waals surface area contributed by atoms with Crippen LogP contribution in [-0.4, -0.2) is 30.4 Å². The first kappa shape index (κ1) is 19.6. The minimum atomic E-state index is -0.318. The fourth-order valence-corrected chi connectivity index (χ4v) is 2.18. The predicted octanol–water partition coefficient (Wildman–Crippen LogP) is 3.44. The number of hydrogen-bond acceptors (Lipinski definition) is 4. The van der Waals surface area contributed by atoms with E-state index in [9.17, 15) is 9.18 Å². The maximum Gasteiger partial charge on any atom is 0.293 e. The van der Waals surface area contributed by atoms with E-state index in [2.05, 4.69) is 10.1 Å². The summed E-state index contributed by atoms with van der Waals surface area (Å²) in [6, 6.07) is 7.11. The van der Waals surface area contributed by atoms with Crippen molar-refractivity contribution in [2.45, 2.75) is 64.8 Å². The Morgan fingerprint density at radius 2 is 1.96 bits per heavy atom. The molecule has 0 bridgehead atoms. The SMILES string of the molecule is CC(C)(C)OC=O.CC1(C)NC(CCc2ccc(F)cc2)CO1. The van der Waals surface area contributed by atoms with Gasteiger partial charge in [-0.3, -0.25) is 10.1 Å². The molecule has 0 aromatic heterocycles. The smallest absolute Gasteiger partial charge is 0.293 e. The average molecular weight is 325 g/mol. The molecule has 0 saturated carbocycles. The van der Waals surface area contributed by atoms with E-state index in [1.165, 1.54) is 17.7 Å². The van der Waals surface area contributed by atoms with Gasteiger partial charge in [0.2, 0.25) is 0 Å². The highest BCUT2D eigenvalue weighted by molar-refractivity contribution is 5.37. The van der Waals surface area contributed by atoms with Gasteiger partial charge in [0.05, 0.1) is 6.61 Å². The van der Waals surface area contributed by atoms with Crippen molar-refractivity contribution in [3.8, 4) is 0 Å². The van der Waals surface area contributed by atoms with E-state index < -0.39 is 0 Å². The van der Waals surface area contributed by atoms with Gasteiger partial charge in [0.25, 0.3) is 6.47 Å². The van der Waals surface area contributed by atoms with Crippen LogP contribution >= 0.6 is 0 Å². The summed E-state index contributed by atoms with van der Waals surface area (Å²) < 4.78 is 22.8. The van der Waals surface area contributed by atoms with Gasteiger partial charge in [0.1, 0.15) is 17.1 Å². The van der Waals surface area contributed by atoms with Crippen LogP contribution in [0.25, 0.3) is 0 Å². The zero-order valence-electron chi connectivity index (χ0n) is 14.7. The summed E-state index contributed by atoms with van der Waals surface area (Å²) in [5, 5.41) is 3.42. The molecule has 23 heavy (non-hydrogen) atoms. The first-order chi connectivity index (χ1) is 10.6. The van der Waals surface area contributed by atoms with Crippen LogP contribution in [0.3, 0.4) is 0 Å². The number of carbonyl (C=O) groups excluding carboxylic acids is 1. The number of carbonyl (C=O) groups is 1. The topological polar surface area (TPSA) is 47.6 Å². The lowest BCUT2D eigenvalue weighted by Gasteiger charge is -2.18. The van der Waals surface area contributed by atoms with Crippen molar-refractivity contribution in [3.63, 3.8) is 0 Å². The zero-order chi connectivity index (χ0) is 17.5. The summed E-state index contributed by atoms with van der Waals surface area (Å²) in [4.78, 5) is 9.60. The number of nitrogens with one attached hydrogen (secondary N) is 1. The lowest BCUT2D eigenvalue weighted by Crippen LogP contribution is -2.38. The number of hydrogen-bond donors (Lipinski definition) is 1. The monoisotopic (exact) mass is 325 g/mol. The van der Waals surface area contributed by atoms with Crippen LogP contribution in [0.1, 0.15) is 46.6 Å². The summed E-state index contributed by atoms with van der Waals surface area (Å²) in [6.45, 7) is 10.7. The zero-order valence-corrected chi connectivity index (χ0v) is 14.7. The lowest BCUT2D eigenvalue weighted by atomic mass is 10.1. The Morgan fingerprint density at radius 3 is 2.35 bits per heavy atom. The Balaban J connectivity index is 0.000000322. The van der Waals surface area contributed by atoms with Gasteiger partial charge in [0, 0.05) is 6.04 Å². The standard InChI is InChI=1S/C13H18FNO.C5H10O2/c1-13(2)15-12(9-16-13)8-5-10-3-6-11(14)7-4-10;1-5(2,3)7-4-6/h3-4,6-7,12,15H,5,8-9H2,1-2H3;4H,1-3H3. The second-order valence-electron chi connectivity index (χ2n) is 7.15. The first-order valence-electron chi connectivity index (χ1n) is 7.89. The van der Waals surface area contributed by atoms with Gasteiger partial charge in [-0.25, -0.2) is 4.39 Å². The number of rotatable bonds is 4. The molecule has 1 aromatic carbocycles. The normalized spacial score (nSPS) is 19.7. The Morgan fingerprint density at radius 1 is 1.35 bits per heavy atom. The van der Waals surface area contributed by atoms with E-state index in [-0.39, 0.29) is 17.1 Å². The predicted molar refractivity (Wildman–Crippen MR) is 88.6 cm³/mol. The first-order valence-corrected chi connectivity index (χ1v) is 7.89. The molecule has 0 aliphatic carbocycles. The molecule has 1 unspecified atom stereocenters. The van der Waals surface area contributed by atoms with Crippen LogP contribution in [0.15, 0.2) is 24.3 Å². The van der Waals surface area contributed by atoms with Gasteiger partial charge in [-0.15, -0.1) is 0 Å². The summed E-state index contributed by atoms with van der Waals surface area (Å²) in [7, 11) is 0. The van der Waals surface area contributed by atoms with Crippen LogP contribution in [0.4, 0.5) is 4.39 Å². The molecule has 1 aliphatic rings. The molecule has 5 heteroatoms. The van der Waals surface area contributed by atoms with Crippen molar-refractivity contribution in [1.29, 1.82) is 0 Å². The van der Waals surface area contributed by atoms with Crippen molar-refractivity contribution in [2.24, 2.45) is 0 Å². The summed E-state index contributed by atoms with van der Waals surface area (Å²) in [5.74, 6) is -0.174. The second kappa shape index (κ2) is 8.41. The Kier molecular flexibility index (Phi) is 7.16. The molecule has 130 valence electrons. The van der Waals surface area contributed by atoms with Crippen molar-refractivity contribution in [2.75, 3.05) is 6.61 Å². The van der Waals surface area contributed by atoms with Crippen LogP contribution in [0.5, 0.6) is 0 Å². The fourth-order valence-electron chi connectivity index (χ4n) is 2.18. The molecule has 2 rings (SSSR count). The lowest BCUT2D eigenvalue weighted by molar-refractivity contribution is -0.138. The van der Waals surface area contributed by atoms with Crippen LogP contribution in [0, 0.1) is 5.82 Å².